The number of nitrogens with one attached hydrogen (secondary N) is 1. The first kappa shape index (κ1) is 17.5. The van der Waals surface area contributed by atoms with Crippen molar-refractivity contribution in [2.24, 2.45) is 7.05 Å². The van der Waals surface area contributed by atoms with Crippen molar-refractivity contribution in [2.45, 2.75) is 64.1 Å². The van der Waals surface area contributed by atoms with Crippen LogP contribution in [0.4, 0.5) is 0 Å². The molecule has 138 valence electrons. The molecule has 1 aliphatic heterocycles. The van der Waals surface area contributed by atoms with E-state index < -0.39 is 0 Å². The lowest BCUT2D eigenvalue weighted by Crippen LogP contribution is -2.40. The number of hydrogen-bond donors (Lipinski definition) is 1. The number of aromatic nitrogens is 2. The quantitative estimate of drug-likeness (QED) is 0.817. The molecule has 3 heterocycles. The van der Waals surface area contributed by atoms with E-state index in [-0.39, 0.29) is 12.1 Å². The average molecular weight is 369 g/mol. The molecule has 0 amide bonds. The Kier molecular flexibility index (Phi) is 4.74. The predicted molar refractivity (Wildman–Crippen MR) is 109 cm³/mol. The van der Waals surface area contributed by atoms with Gasteiger partial charge in [0.2, 0.25) is 0 Å². The summed E-state index contributed by atoms with van der Waals surface area (Å²) in [6, 6.07) is 9.33. The zero-order valence-electron chi connectivity index (χ0n) is 15.9. The van der Waals surface area contributed by atoms with Crippen molar-refractivity contribution in [3.05, 3.63) is 53.1 Å². The summed E-state index contributed by atoms with van der Waals surface area (Å²) in [5, 5.41) is 4.50. The Morgan fingerprint density at radius 3 is 2.54 bits per heavy atom. The minimum atomic E-state index is 0.103. The number of pyridine rings is 1. The van der Waals surface area contributed by atoms with E-state index in [2.05, 4.69) is 58.9 Å². The van der Waals surface area contributed by atoms with Gasteiger partial charge >= 0.3 is 0 Å². The second kappa shape index (κ2) is 7.03. The Morgan fingerprint density at radius 1 is 1.15 bits per heavy atom. The van der Waals surface area contributed by atoms with Crippen molar-refractivity contribution in [3.8, 4) is 0 Å². The first-order chi connectivity index (χ1) is 12.6. The molecule has 2 atom stereocenters. The van der Waals surface area contributed by atoms with Gasteiger partial charge in [0.15, 0.2) is 5.11 Å². The molecule has 1 N–H and O–H groups in total. The number of aryl methyl sites for hydroxylation is 1. The molecule has 1 saturated heterocycles. The summed E-state index contributed by atoms with van der Waals surface area (Å²) in [4.78, 5) is 7.15. The second-order valence-electron chi connectivity index (χ2n) is 7.71. The minimum Gasteiger partial charge on any atom is -0.352 e. The van der Waals surface area contributed by atoms with Crippen LogP contribution in [0.3, 0.4) is 0 Å². The van der Waals surface area contributed by atoms with E-state index >= 15 is 0 Å². The Labute approximate surface area is 161 Å². The third-order valence-electron chi connectivity index (χ3n) is 6.24. The summed E-state index contributed by atoms with van der Waals surface area (Å²) < 4.78 is 2.28. The molecule has 4 rings (SSSR count). The van der Waals surface area contributed by atoms with Crippen LogP contribution in [0.2, 0.25) is 0 Å². The smallest absolute Gasteiger partial charge is 0.170 e. The molecule has 1 saturated carbocycles. The molecular weight excluding hydrogens is 340 g/mol. The summed E-state index contributed by atoms with van der Waals surface area (Å²) in [6.45, 7) is 4.40. The van der Waals surface area contributed by atoms with Gasteiger partial charge in [-0.25, -0.2) is 0 Å². The van der Waals surface area contributed by atoms with Crippen LogP contribution in [-0.4, -0.2) is 25.6 Å². The van der Waals surface area contributed by atoms with Crippen LogP contribution < -0.4 is 5.32 Å². The highest BCUT2D eigenvalue weighted by Gasteiger charge is 2.44. The molecule has 1 aliphatic carbocycles. The Balaban J connectivity index is 1.79. The van der Waals surface area contributed by atoms with Gasteiger partial charge in [-0.3, -0.25) is 4.98 Å². The molecule has 5 heteroatoms. The molecule has 0 aromatic carbocycles. The summed E-state index contributed by atoms with van der Waals surface area (Å²) in [7, 11) is 2.15. The van der Waals surface area contributed by atoms with Crippen LogP contribution in [-0.2, 0) is 7.05 Å². The Hall–Kier alpha value is -1.88. The summed E-state index contributed by atoms with van der Waals surface area (Å²) in [6.07, 6.45) is 8.30. The lowest BCUT2D eigenvalue weighted by atomic mass is 9.90. The van der Waals surface area contributed by atoms with Crippen molar-refractivity contribution < 1.29 is 0 Å². The predicted octanol–water partition coefficient (Wildman–Crippen LogP) is 4.34. The van der Waals surface area contributed by atoms with Gasteiger partial charge in [0, 0.05) is 30.7 Å². The van der Waals surface area contributed by atoms with Crippen LogP contribution in [0.15, 0.2) is 30.5 Å². The number of nitrogens with zero attached hydrogens (tertiary/aromatic N) is 3. The lowest BCUT2D eigenvalue weighted by Gasteiger charge is -2.37. The highest BCUT2D eigenvalue weighted by atomic mass is 32.1. The van der Waals surface area contributed by atoms with Crippen LogP contribution in [0, 0.1) is 13.8 Å². The van der Waals surface area contributed by atoms with Crippen LogP contribution >= 0.6 is 12.2 Å². The van der Waals surface area contributed by atoms with Crippen LogP contribution in [0.1, 0.15) is 66.8 Å². The van der Waals surface area contributed by atoms with Gasteiger partial charge in [-0.2, -0.15) is 0 Å². The monoisotopic (exact) mass is 368 g/mol. The summed E-state index contributed by atoms with van der Waals surface area (Å²) in [5.74, 6) is 0. The fraction of sp³-hybridized carbons (Fsp3) is 0.524. The zero-order valence-corrected chi connectivity index (χ0v) is 16.7. The minimum absolute atomic E-state index is 0.103. The van der Waals surface area contributed by atoms with Crippen molar-refractivity contribution in [2.75, 3.05) is 0 Å². The summed E-state index contributed by atoms with van der Waals surface area (Å²) in [5.41, 5.74) is 5.05. The van der Waals surface area contributed by atoms with E-state index in [0.717, 1.165) is 10.8 Å². The standard InChI is InChI=1S/C21H28N4S/c1-14-13-17(15(2)24(14)3)20-19(18-11-7-8-12-22-18)23-21(26)25(20)16-9-5-4-6-10-16/h7-8,11-13,16,19-20H,4-6,9-10H2,1-3H3,(H,23,26)/t19-,20-/m0/s1. The van der Waals surface area contributed by atoms with Gasteiger partial charge < -0.3 is 14.8 Å². The van der Waals surface area contributed by atoms with E-state index in [1.807, 2.05) is 12.3 Å². The Morgan fingerprint density at radius 2 is 1.92 bits per heavy atom. The molecule has 2 fully saturated rings. The SMILES string of the molecule is Cc1cc([C@H]2[C@H](c3ccccn3)NC(=S)N2C2CCCCC2)c(C)n1C. The third-order valence-corrected chi connectivity index (χ3v) is 6.57. The van der Waals surface area contributed by atoms with Crippen molar-refractivity contribution >= 4 is 17.3 Å². The van der Waals surface area contributed by atoms with Gasteiger partial charge in [0.1, 0.15) is 0 Å². The van der Waals surface area contributed by atoms with Crippen molar-refractivity contribution in [1.29, 1.82) is 0 Å². The molecule has 0 radical (unpaired) electrons. The fourth-order valence-corrected chi connectivity index (χ4v) is 5.02. The van der Waals surface area contributed by atoms with Crippen LogP contribution in [0.25, 0.3) is 0 Å². The van der Waals surface area contributed by atoms with E-state index in [1.54, 1.807) is 0 Å². The maximum Gasteiger partial charge on any atom is 0.170 e. The molecule has 2 aromatic heterocycles. The van der Waals surface area contributed by atoms with E-state index in [1.165, 1.54) is 49.1 Å². The molecule has 2 aliphatic rings. The zero-order chi connectivity index (χ0) is 18.3. The summed E-state index contributed by atoms with van der Waals surface area (Å²) >= 11 is 5.84. The Bertz CT molecular complexity index is 792. The fourth-order valence-electron chi connectivity index (χ4n) is 4.63. The lowest BCUT2D eigenvalue weighted by molar-refractivity contribution is 0.196. The maximum atomic E-state index is 5.84. The molecule has 2 aromatic rings. The van der Waals surface area contributed by atoms with Gasteiger partial charge in [0.05, 0.1) is 17.8 Å². The largest absolute Gasteiger partial charge is 0.352 e. The first-order valence-corrected chi connectivity index (χ1v) is 10.1. The average Bonchev–Trinajstić information content (AvgIpc) is 3.14. The number of thiocarbonyl (C=S) groups is 1. The van der Waals surface area contributed by atoms with Gasteiger partial charge in [0.25, 0.3) is 0 Å². The number of rotatable bonds is 3. The van der Waals surface area contributed by atoms with Gasteiger partial charge in [-0.1, -0.05) is 25.3 Å². The van der Waals surface area contributed by atoms with Gasteiger partial charge in [-0.05, 0) is 62.7 Å². The topological polar surface area (TPSA) is 33.1 Å². The van der Waals surface area contributed by atoms with E-state index in [9.17, 15) is 0 Å². The molecule has 0 bridgehead atoms. The van der Waals surface area contributed by atoms with Crippen LogP contribution in [0.5, 0.6) is 0 Å². The molecule has 26 heavy (non-hydrogen) atoms. The molecular formula is C21H28N4S. The van der Waals surface area contributed by atoms with E-state index in [0.29, 0.717) is 6.04 Å². The van der Waals surface area contributed by atoms with Crippen molar-refractivity contribution in [3.63, 3.8) is 0 Å². The normalized spacial score (nSPS) is 24.1. The highest BCUT2D eigenvalue weighted by Crippen LogP contribution is 2.43. The molecule has 4 nitrogen and oxygen atoms in total. The highest BCUT2D eigenvalue weighted by molar-refractivity contribution is 7.80. The maximum absolute atomic E-state index is 5.84. The second-order valence-corrected chi connectivity index (χ2v) is 8.10. The first-order valence-electron chi connectivity index (χ1n) is 9.70. The van der Waals surface area contributed by atoms with Crippen molar-refractivity contribution in [1.82, 2.24) is 19.8 Å². The van der Waals surface area contributed by atoms with E-state index in [4.69, 9.17) is 12.2 Å². The number of hydrogen-bond acceptors (Lipinski definition) is 2. The third kappa shape index (κ3) is 2.92. The molecule has 0 spiro atoms. The molecule has 0 unspecified atom stereocenters. The van der Waals surface area contributed by atoms with Gasteiger partial charge in [-0.15, -0.1) is 0 Å².